The molecule has 0 aromatic heterocycles. The number of carboxylic acid groups (broad SMARTS) is 1. The summed E-state index contributed by atoms with van der Waals surface area (Å²) in [4.78, 5) is 23.9. The van der Waals surface area contributed by atoms with Crippen molar-refractivity contribution >= 4 is 12.0 Å². The Bertz CT molecular complexity index is 262. The monoisotopic (exact) mass is 244 g/mol. The minimum absolute atomic E-state index is 0.146. The molecule has 6 heteroatoms. The lowest BCUT2D eigenvalue weighted by Crippen LogP contribution is -2.48. The SMILES string of the molecule is C=CCC(NC(=O)N(CCC)CCO)C(=O)O. The summed E-state index contributed by atoms with van der Waals surface area (Å²) in [5, 5.41) is 20.1. The van der Waals surface area contributed by atoms with E-state index < -0.39 is 18.0 Å². The van der Waals surface area contributed by atoms with Crippen LogP contribution >= 0.6 is 0 Å². The Hall–Kier alpha value is -1.56. The third-order valence-corrected chi connectivity index (χ3v) is 2.15. The van der Waals surface area contributed by atoms with E-state index in [9.17, 15) is 9.59 Å². The molecule has 0 spiro atoms. The maximum Gasteiger partial charge on any atom is 0.326 e. The van der Waals surface area contributed by atoms with Gasteiger partial charge in [0.1, 0.15) is 6.04 Å². The molecule has 0 fully saturated rings. The first-order valence-electron chi connectivity index (χ1n) is 5.56. The van der Waals surface area contributed by atoms with Gasteiger partial charge in [-0.25, -0.2) is 9.59 Å². The summed E-state index contributed by atoms with van der Waals surface area (Å²) in [5.41, 5.74) is 0. The van der Waals surface area contributed by atoms with Crippen molar-refractivity contribution in [1.82, 2.24) is 10.2 Å². The molecule has 6 nitrogen and oxygen atoms in total. The summed E-state index contributed by atoms with van der Waals surface area (Å²) in [6.07, 6.45) is 2.35. The Morgan fingerprint density at radius 2 is 2.12 bits per heavy atom. The Kier molecular flexibility index (Phi) is 7.79. The van der Waals surface area contributed by atoms with Crippen LogP contribution in [-0.2, 0) is 4.79 Å². The van der Waals surface area contributed by atoms with Crippen molar-refractivity contribution in [2.75, 3.05) is 19.7 Å². The van der Waals surface area contributed by atoms with Crippen molar-refractivity contribution in [3.05, 3.63) is 12.7 Å². The molecule has 0 bridgehead atoms. The van der Waals surface area contributed by atoms with Crippen LogP contribution in [-0.4, -0.2) is 52.9 Å². The number of hydrogen-bond donors (Lipinski definition) is 3. The summed E-state index contributed by atoms with van der Waals surface area (Å²) >= 11 is 0. The average Bonchev–Trinajstić information content (AvgIpc) is 2.28. The molecule has 3 N–H and O–H groups in total. The van der Waals surface area contributed by atoms with Crippen LogP contribution in [0.25, 0.3) is 0 Å². The highest BCUT2D eigenvalue weighted by Gasteiger charge is 2.21. The zero-order valence-electron chi connectivity index (χ0n) is 10.1. The van der Waals surface area contributed by atoms with Gasteiger partial charge in [0.25, 0.3) is 0 Å². The lowest BCUT2D eigenvalue weighted by Gasteiger charge is -2.23. The van der Waals surface area contributed by atoms with E-state index in [2.05, 4.69) is 11.9 Å². The van der Waals surface area contributed by atoms with E-state index in [0.717, 1.165) is 6.42 Å². The first-order chi connectivity index (χ1) is 8.06. The minimum atomic E-state index is -1.10. The van der Waals surface area contributed by atoms with Crippen molar-refractivity contribution in [1.29, 1.82) is 0 Å². The Labute approximate surface area is 101 Å². The number of carbonyl (C=O) groups is 2. The van der Waals surface area contributed by atoms with Gasteiger partial charge in [0, 0.05) is 13.1 Å². The number of nitrogens with zero attached hydrogens (tertiary/aromatic N) is 1. The number of aliphatic carboxylic acids is 1. The van der Waals surface area contributed by atoms with Crippen LogP contribution in [0.1, 0.15) is 19.8 Å². The largest absolute Gasteiger partial charge is 0.480 e. The third kappa shape index (κ3) is 5.91. The van der Waals surface area contributed by atoms with Crippen molar-refractivity contribution in [2.45, 2.75) is 25.8 Å². The van der Waals surface area contributed by atoms with E-state index in [-0.39, 0.29) is 19.6 Å². The molecular formula is C11H20N2O4. The number of hydrogen-bond acceptors (Lipinski definition) is 3. The fourth-order valence-electron chi connectivity index (χ4n) is 1.33. The molecule has 0 aliphatic rings. The van der Waals surface area contributed by atoms with Crippen LogP contribution in [0.2, 0.25) is 0 Å². The summed E-state index contributed by atoms with van der Waals surface area (Å²) in [6.45, 7) is 5.87. The van der Waals surface area contributed by atoms with Crippen molar-refractivity contribution in [3.63, 3.8) is 0 Å². The molecule has 0 aromatic carbocycles. The molecule has 98 valence electrons. The third-order valence-electron chi connectivity index (χ3n) is 2.15. The molecule has 0 radical (unpaired) electrons. The molecule has 0 saturated heterocycles. The summed E-state index contributed by atoms with van der Waals surface area (Å²) in [7, 11) is 0. The molecule has 17 heavy (non-hydrogen) atoms. The van der Waals surface area contributed by atoms with Crippen molar-refractivity contribution < 1.29 is 19.8 Å². The average molecular weight is 244 g/mol. The molecule has 0 rings (SSSR count). The maximum absolute atomic E-state index is 11.7. The van der Waals surface area contributed by atoms with E-state index in [0.29, 0.717) is 6.54 Å². The minimum Gasteiger partial charge on any atom is -0.480 e. The van der Waals surface area contributed by atoms with Crippen molar-refractivity contribution in [3.8, 4) is 0 Å². The summed E-state index contributed by atoms with van der Waals surface area (Å²) in [6, 6.07) is -1.45. The summed E-state index contributed by atoms with van der Waals surface area (Å²) in [5.74, 6) is -1.10. The molecule has 2 amide bonds. The zero-order chi connectivity index (χ0) is 13.3. The lowest BCUT2D eigenvalue weighted by molar-refractivity contribution is -0.139. The second kappa shape index (κ2) is 8.58. The molecular weight excluding hydrogens is 224 g/mol. The summed E-state index contributed by atoms with van der Waals surface area (Å²) < 4.78 is 0. The number of nitrogens with one attached hydrogen (secondary N) is 1. The highest BCUT2D eigenvalue weighted by atomic mass is 16.4. The quantitative estimate of drug-likeness (QED) is 0.540. The topological polar surface area (TPSA) is 89.9 Å². The fraction of sp³-hybridized carbons (Fsp3) is 0.636. The van der Waals surface area contributed by atoms with E-state index >= 15 is 0 Å². The smallest absolute Gasteiger partial charge is 0.326 e. The fourth-order valence-corrected chi connectivity index (χ4v) is 1.33. The van der Waals surface area contributed by atoms with Crippen LogP contribution in [0, 0.1) is 0 Å². The van der Waals surface area contributed by atoms with Gasteiger partial charge in [-0.2, -0.15) is 0 Å². The Morgan fingerprint density at radius 3 is 2.53 bits per heavy atom. The van der Waals surface area contributed by atoms with E-state index in [1.807, 2.05) is 6.92 Å². The number of rotatable bonds is 8. The van der Waals surface area contributed by atoms with Crippen molar-refractivity contribution in [2.24, 2.45) is 0 Å². The van der Waals surface area contributed by atoms with E-state index in [1.165, 1.54) is 11.0 Å². The number of carbonyl (C=O) groups excluding carboxylic acids is 1. The van der Waals surface area contributed by atoms with Crippen LogP contribution in [0.3, 0.4) is 0 Å². The number of aliphatic hydroxyl groups excluding tert-OH is 1. The molecule has 1 unspecified atom stereocenters. The Balaban J connectivity index is 4.43. The molecule has 0 heterocycles. The van der Waals surface area contributed by atoms with Crippen LogP contribution < -0.4 is 5.32 Å². The van der Waals surface area contributed by atoms with Gasteiger partial charge in [0.15, 0.2) is 0 Å². The van der Waals surface area contributed by atoms with Gasteiger partial charge in [-0.1, -0.05) is 13.0 Å². The zero-order valence-corrected chi connectivity index (χ0v) is 10.1. The van der Waals surface area contributed by atoms with Crippen LogP contribution in [0.5, 0.6) is 0 Å². The maximum atomic E-state index is 11.7. The second-order valence-corrected chi connectivity index (χ2v) is 3.58. The second-order valence-electron chi connectivity index (χ2n) is 3.58. The Morgan fingerprint density at radius 1 is 1.47 bits per heavy atom. The van der Waals surface area contributed by atoms with Gasteiger partial charge in [-0.05, 0) is 12.8 Å². The first-order valence-corrected chi connectivity index (χ1v) is 5.56. The van der Waals surface area contributed by atoms with Crippen LogP contribution in [0.15, 0.2) is 12.7 Å². The highest BCUT2D eigenvalue weighted by molar-refractivity contribution is 5.82. The number of aliphatic hydroxyl groups is 1. The predicted octanol–water partition coefficient (Wildman–Crippen LogP) is 0.430. The van der Waals surface area contributed by atoms with Gasteiger partial charge in [-0.15, -0.1) is 6.58 Å². The standard InChI is InChI=1S/C11H20N2O4/c1-3-5-9(10(15)16)12-11(17)13(6-4-2)7-8-14/h3,9,14H,1,4-8H2,2H3,(H,12,17)(H,15,16). The van der Waals surface area contributed by atoms with Gasteiger partial charge >= 0.3 is 12.0 Å². The number of urea groups is 1. The predicted molar refractivity (Wildman–Crippen MR) is 63.7 cm³/mol. The van der Waals surface area contributed by atoms with Gasteiger partial charge in [0.2, 0.25) is 0 Å². The van der Waals surface area contributed by atoms with Gasteiger partial charge in [-0.3, -0.25) is 0 Å². The number of amides is 2. The van der Waals surface area contributed by atoms with Gasteiger partial charge < -0.3 is 20.4 Å². The normalized spacial score (nSPS) is 11.6. The highest BCUT2D eigenvalue weighted by Crippen LogP contribution is 1.98. The van der Waals surface area contributed by atoms with Crippen LogP contribution in [0.4, 0.5) is 4.79 Å². The molecule has 0 saturated carbocycles. The lowest BCUT2D eigenvalue weighted by atomic mass is 10.2. The first kappa shape index (κ1) is 15.4. The molecule has 0 aliphatic carbocycles. The van der Waals surface area contributed by atoms with E-state index in [1.54, 1.807) is 0 Å². The molecule has 0 aliphatic heterocycles. The number of carboxylic acids is 1. The molecule has 1 atom stereocenters. The molecule has 0 aromatic rings. The van der Waals surface area contributed by atoms with Gasteiger partial charge in [0.05, 0.1) is 6.61 Å². The van der Waals surface area contributed by atoms with E-state index in [4.69, 9.17) is 10.2 Å².